The first-order chi connectivity index (χ1) is 12.0. The van der Waals surface area contributed by atoms with Gasteiger partial charge in [-0.15, -0.1) is 0 Å². The van der Waals surface area contributed by atoms with Crippen LogP contribution in [0.5, 0.6) is 0 Å². The van der Waals surface area contributed by atoms with E-state index in [0.29, 0.717) is 12.5 Å². The number of hydrogen-bond acceptors (Lipinski definition) is 2. The van der Waals surface area contributed by atoms with E-state index in [2.05, 4.69) is 10.2 Å². The van der Waals surface area contributed by atoms with Crippen molar-refractivity contribution in [2.45, 2.75) is 45.1 Å². The quantitative estimate of drug-likeness (QED) is 0.905. The van der Waals surface area contributed by atoms with Crippen molar-refractivity contribution < 1.29 is 9.18 Å². The largest absolute Gasteiger partial charge is 0.336 e. The molecule has 3 rings (SSSR count). The molecule has 0 radical (unpaired) electrons. The summed E-state index contributed by atoms with van der Waals surface area (Å²) in [6.45, 7) is 8.64. The fraction of sp³-hybridized carbons (Fsp3) is 0.650. The zero-order valence-corrected chi connectivity index (χ0v) is 15.4. The lowest BCUT2D eigenvalue weighted by Gasteiger charge is -2.31. The second-order valence-corrected chi connectivity index (χ2v) is 7.79. The van der Waals surface area contributed by atoms with Crippen molar-refractivity contribution in [3.8, 4) is 0 Å². The van der Waals surface area contributed by atoms with E-state index in [0.717, 1.165) is 31.7 Å². The predicted octanol–water partition coefficient (Wildman–Crippen LogP) is 3.45. The summed E-state index contributed by atoms with van der Waals surface area (Å²) in [6, 6.07) is 7.03. The average molecular weight is 347 g/mol. The van der Waals surface area contributed by atoms with Crippen LogP contribution < -0.4 is 5.32 Å². The molecule has 0 aliphatic carbocycles. The first-order valence-electron chi connectivity index (χ1n) is 9.56. The molecule has 138 valence electrons. The zero-order chi connectivity index (χ0) is 17.8. The number of halogens is 1. The maximum Gasteiger partial charge on any atom is 0.317 e. The van der Waals surface area contributed by atoms with Gasteiger partial charge in [-0.2, -0.15) is 0 Å². The van der Waals surface area contributed by atoms with Crippen LogP contribution in [-0.2, 0) is 0 Å². The van der Waals surface area contributed by atoms with Gasteiger partial charge >= 0.3 is 6.03 Å². The van der Waals surface area contributed by atoms with E-state index in [-0.39, 0.29) is 23.8 Å². The summed E-state index contributed by atoms with van der Waals surface area (Å²) in [5.41, 5.74) is 1.02. The highest BCUT2D eigenvalue weighted by Gasteiger charge is 2.37. The molecule has 4 nitrogen and oxygen atoms in total. The van der Waals surface area contributed by atoms with Crippen molar-refractivity contribution in [3.05, 3.63) is 35.6 Å². The lowest BCUT2D eigenvalue weighted by Crippen LogP contribution is -2.42. The molecular weight excluding hydrogens is 317 g/mol. The molecule has 1 aromatic carbocycles. The van der Waals surface area contributed by atoms with E-state index in [1.54, 1.807) is 12.1 Å². The highest BCUT2D eigenvalue weighted by atomic mass is 19.1. The molecule has 2 aliphatic rings. The minimum atomic E-state index is -0.195. The number of carbonyl (C=O) groups excluding carboxylic acids is 1. The summed E-state index contributed by atoms with van der Waals surface area (Å²) < 4.78 is 13.7. The van der Waals surface area contributed by atoms with Gasteiger partial charge < -0.3 is 15.1 Å². The first-order valence-corrected chi connectivity index (χ1v) is 9.56. The molecule has 2 heterocycles. The highest BCUT2D eigenvalue weighted by Crippen LogP contribution is 2.34. The predicted molar refractivity (Wildman–Crippen MR) is 98.2 cm³/mol. The Labute approximate surface area is 150 Å². The number of benzene rings is 1. The smallest absolute Gasteiger partial charge is 0.317 e. The topological polar surface area (TPSA) is 35.6 Å². The number of hydrogen-bond donors (Lipinski definition) is 1. The van der Waals surface area contributed by atoms with Gasteiger partial charge in [0.05, 0.1) is 0 Å². The Morgan fingerprint density at radius 3 is 2.68 bits per heavy atom. The van der Waals surface area contributed by atoms with E-state index >= 15 is 0 Å². The van der Waals surface area contributed by atoms with Crippen molar-refractivity contribution in [1.82, 2.24) is 15.1 Å². The summed E-state index contributed by atoms with van der Waals surface area (Å²) in [4.78, 5) is 16.9. The lowest BCUT2D eigenvalue weighted by atomic mass is 9.88. The average Bonchev–Trinajstić information content (AvgIpc) is 2.99. The molecule has 0 bridgehead atoms. The van der Waals surface area contributed by atoms with E-state index in [4.69, 9.17) is 0 Å². The van der Waals surface area contributed by atoms with Crippen LogP contribution in [0.25, 0.3) is 0 Å². The third-order valence-corrected chi connectivity index (χ3v) is 5.36. The monoisotopic (exact) mass is 347 g/mol. The molecule has 0 saturated carbocycles. The van der Waals surface area contributed by atoms with Crippen LogP contribution in [-0.4, -0.2) is 54.6 Å². The van der Waals surface area contributed by atoms with Gasteiger partial charge in [0.1, 0.15) is 5.82 Å². The van der Waals surface area contributed by atoms with Gasteiger partial charge in [-0.1, -0.05) is 18.6 Å². The number of nitrogens with zero attached hydrogens (tertiary/aromatic N) is 2. The third-order valence-electron chi connectivity index (χ3n) is 5.36. The molecule has 0 aromatic heterocycles. The normalized spacial score (nSPS) is 24.7. The first kappa shape index (κ1) is 18.2. The molecule has 2 amide bonds. The van der Waals surface area contributed by atoms with Crippen molar-refractivity contribution in [3.63, 3.8) is 0 Å². The van der Waals surface area contributed by atoms with Crippen LogP contribution in [0.4, 0.5) is 9.18 Å². The van der Waals surface area contributed by atoms with E-state index in [1.807, 2.05) is 24.8 Å². The fourth-order valence-corrected chi connectivity index (χ4v) is 4.15. The molecule has 1 aromatic rings. The number of piperidine rings is 1. The van der Waals surface area contributed by atoms with Gasteiger partial charge in [0.25, 0.3) is 0 Å². The molecule has 2 fully saturated rings. The molecule has 5 heteroatoms. The van der Waals surface area contributed by atoms with Crippen molar-refractivity contribution in [2.75, 3.05) is 32.7 Å². The Hall–Kier alpha value is -1.62. The Kier molecular flexibility index (Phi) is 5.94. The van der Waals surface area contributed by atoms with Crippen molar-refractivity contribution >= 4 is 6.03 Å². The molecule has 1 N–H and O–H groups in total. The maximum absolute atomic E-state index is 13.7. The number of likely N-dealkylation sites (tertiary alicyclic amines) is 2. The number of amides is 2. The van der Waals surface area contributed by atoms with Crippen LogP contribution >= 0.6 is 0 Å². The highest BCUT2D eigenvalue weighted by molar-refractivity contribution is 5.75. The number of carbonyl (C=O) groups is 1. The second kappa shape index (κ2) is 8.17. The van der Waals surface area contributed by atoms with Crippen LogP contribution in [0.15, 0.2) is 24.3 Å². The Bertz CT molecular complexity index is 586. The molecule has 2 aliphatic heterocycles. The van der Waals surface area contributed by atoms with Gasteiger partial charge in [0.15, 0.2) is 0 Å². The molecule has 0 spiro atoms. The second-order valence-electron chi connectivity index (χ2n) is 7.79. The van der Waals surface area contributed by atoms with Crippen LogP contribution in [0, 0.1) is 11.7 Å². The Balaban J connectivity index is 1.74. The number of rotatable bonds is 4. The fourth-order valence-electron chi connectivity index (χ4n) is 4.15. The van der Waals surface area contributed by atoms with Gasteiger partial charge in [-0.3, -0.25) is 0 Å². The summed E-state index contributed by atoms with van der Waals surface area (Å²) >= 11 is 0. The van der Waals surface area contributed by atoms with E-state index in [1.165, 1.54) is 25.3 Å². The molecular formula is C20H30FN3O. The van der Waals surface area contributed by atoms with Crippen LogP contribution in [0.3, 0.4) is 0 Å². The van der Waals surface area contributed by atoms with E-state index < -0.39 is 0 Å². The number of urea groups is 1. The Morgan fingerprint density at radius 1 is 1.24 bits per heavy atom. The minimum absolute atomic E-state index is 0.00227. The van der Waals surface area contributed by atoms with E-state index in [9.17, 15) is 9.18 Å². The SMILES string of the molecule is CC(C)NC(=O)N1CC(CN2CCCCC2)C(c2cccc(F)c2)C1. The van der Waals surface area contributed by atoms with Gasteiger partial charge in [-0.05, 0) is 63.4 Å². The lowest BCUT2D eigenvalue weighted by molar-refractivity contribution is 0.185. The van der Waals surface area contributed by atoms with Crippen molar-refractivity contribution in [2.24, 2.45) is 5.92 Å². The summed E-state index contributed by atoms with van der Waals surface area (Å²) in [5, 5.41) is 2.99. The summed E-state index contributed by atoms with van der Waals surface area (Å²) in [6.07, 6.45) is 3.83. The molecule has 2 saturated heterocycles. The minimum Gasteiger partial charge on any atom is -0.336 e. The zero-order valence-electron chi connectivity index (χ0n) is 15.4. The third kappa shape index (κ3) is 4.72. The Morgan fingerprint density at radius 2 is 2.00 bits per heavy atom. The molecule has 25 heavy (non-hydrogen) atoms. The van der Waals surface area contributed by atoms with Gasteiger partial charge in [-0.25, -0.2) is 9.18 Å². The van der Waals surface area contributed by atoms with Crippen molar-refractivity contribution in [1.29, 1.82) is 0 Å². The number of nitrogens with one attached hydrogen (secondary N) is 1. The summed E-state index contributed by atoms with van der Waals surface area (Å²) in [5.74, 6) is 0.368. The van der Waals surface area contributed by atoms with Crippen LogP contribution in [0.2, 0.25) is 0 Å². The standard InChI is InChI=1S/C20H30FN3O/c1-15(2)22-20(25)24-13-17(12-23-9-4-3-5-10-23)19(14-24)16-7-6-8-18(21)11-16/h6-8,11,15,17,19H,3-5,9-10,12-14H2,1-2H3,(H,22,25). The summed E-state index contributed by atoms with van der Waals surface area (Å²) in [7, 11) is 0. The molecule has 2 unspecified atom stereocenters. The van der Waals surface area contributed by atoms with Gasteiger partial charge in [0.2, 0.25) is 0 Å². The van der Waals surface area contributed by atoms with Crippen LogP contribution in [0.1, 0.15) is 44.6 Å². The maximum atomic E-state index is 13.7. The molecule has 2 atom stereocenters. The van der Waals surface area contributed by atoms with Gasteiger partial charge in [0, 0.05) is 31.6 Å².